The van der Waals surface area contributed by atoms with Crippen LogP contribution in [-0.4, -0.2) is 41.6 Å². The van der Waals surface area contributed by atoms with Gasteiger partial charge < -0.3 is 19.5 Å². The molecule has 1 fully saturated rings. The van der Waals surface area contributed by atoms with Gasteiger partial charge in [0.1, 0.15) is 11.6 Å². The van der Waals surface area contributed by atoms with Crippen molar-refractivity contribution in [3.8, 4) is 5.75 Å². The molecule has 2 amide bonds. The fraction of sp³-hybridized carbons (Fsp3) is 0.346. The van der Waals surface area contributed by atoms with Crippen LogP contribution in [0.4, 0.5) is 4.39 Å². The lowest BCUT2D eigenvalue weighted by Crippen LogP contribution is -2.38. The van der Waals surface area contributed by atoms with Gasteiger partial charge in [-0.15, -0.1) is 0 Å². The second-order valence-corrected chi connectivity index (χ2v) is 8.41. The number of hydrogen-bond donors (Lipinski definition) is 1. The van der Waals surface area contributed by atoms with Crippen molar-refractivity contribution in [2.75, 3.05) is 13.7 Å². The Hall–Kier alpha value is -3.68. The number of nitrogens with one attached hydrogen (secondary N) is 1. The minimum absolute atomic E-state index is 0.0735. The van der Waals surface area contributed by atoms with Crippen molar-refractivity contribution < 1.29 is 23.2 Å². The Balaban J connectivity index is 1.37. The Morgan fingerprint density at radius 3 is 2.50 bits per heavy atom. The van der Waals surface area contributed by atoms with E-state index in [1.54, 1.807) is 18.1 Å². The average molecular weight is 466 g/mol. The number of hydrogen-bond acceptors (Lipinski definition) is 5. The largest absolute Gasteiger partial charge is 0.497 e. The zero-order valence-corrected chi connectivity index (χ0v) is 19.1. The molecule has 1 N–H and O–H groups in total. The summed E-state index contributed by atoms with van der Waals surface area (Å²) in [7, 11) is 1.62. The molecule has 4 rings (SSSR count). The van der Waals surface area contributed by atoms with E-state index in [4.69, 9.17) is 9.26 Å². The number of methoxy groups -OCH3 is 1. The highest BCUT2D eigenvalue weighted by Gasteiger charge is 2.29. The first-order valence-corrected chi connectivity index (χ1v) is 11.5. The Bertz CT molecular complexity index is 1110. The summed E-state index contributed by atoms with van der Waals surface area (Å²) in [4.78, 5) is 27.4. The van der Waals surface area contributed by atoms with Gasteiger partial charge in [0.15, 0.2) is 11.5 Å². The molecule has 1 heterocycles. The van der Waals surface area contributed by atoms with Crippen molar-refractivity contribution in [3.63, 3.8) is 0 Å². The summed E-state index contributed by atoms with van der Waals surface area (Å²) in [5.74, 6) is 0.312. The van der Waals surface area contributed by atoms with E-state index in [0.29, 0.717) is 24.3 Å². The van der Waals surface area contributed by atoms with Crippen molar-refractivity contribution in [3.05, 3.63) is 83.0 Å². The van der Waals surface area contributed by atoms with Crippen molar-refractivity contribution in [1.82, 2.24) is 15.4 Å². The molecule has 7 nitrogen and oxygen atoms in total. The van der Waals surface area contributed by atoms with E-state index in [1.165, 1.54) is 24.3 Å². The molecule has 0 atom stereocenters. The van der Waals surface area contributed by atoms with E-state index in [2.05, 4.69) is 10.5 Å². The molecule has 8 heteroatoms. The number of halogens is 1. The molecule has 178 valence electrons. The van der Waals surface area contributed by atoms with E-state index in [-0.39, 0.29) is 35.9 Å². The van der Waals surface area contributed by atoms with Crippen LogP contribution < -0.4 is 10.1 Å². The van der Waals surface area contributed by atoms with Gasteiger partial charge in [0.05, 0.1) is 13.7 Å². The van der Waals surface area contributed by atoms with Gasteiger partial charge in [-0.05, 0) is 61.2 Å². The van der Waals surface area contributed by atoms with Crippen LogP contribution in [0.5, 0.6) is 5.75 Å². The summed E-state index contributed by atoms with van der Waals surface area (Å²) >= 11 is 0. The van der Waals surface area contributed by atoms with Crippen LogP contribution in [0.25, 0.3) is 0 Å². The van der Waals surface area contributed by atoms with Gasteiger partial charge in [-0.3, -0.25) is 9.59 Å². The molecule has 0 unspecified atom stereocenters. The number of aromatic nitrogens is 1. The summed E-state index contributed by atoms with van der Waals surface area (Å²) < 4.78 is 23.8. The minimum atomic E-state index is -0.387. The van der Waals surface area contributed by atoms with E-state index in [1.807, 2.05) is 24.3 Å². The number of benzene rings is 2. The Kier molecular flexibility index (Phi) is 7.57. The third-order valence-electron chi connectivity index (χ3n) is 6.09. The maximum atomic E-state index is 13.3. The van der Waals surface area contributed by atoms with Crippen LogP contribution in [-0.2, 0) is 13.0 Å². The highest BCUT2D eigenvalue weighted by atomic mass is 19.1. The van der Waals surface area contributed by atoms with Crippen LogP contribution >= 0.6 is 0 Å². The lowest BCUT2D eigenvalue weighted by Gasteiger charge is -2.28. The van der Waals surface area contributed by atoms with E-state index in [0.717, 1.165) is 37.0 Å². The van der Waals surface area contributed by atoms with Gasteiger partial charge in [-0.2, -0.15) is 0 Å². The van der Waals surface area contributed by atoms with Gasteiger partial charge in [0.2, 0.25) is 0 Å². The maximum absolute atomic E-state index is 13.3. The van der Waals surface area contributed by atoms with Gasteiger partial charge in [-0.1, -0.05) is 30.1 Å². The molecule has 0 spiro atoms. The standard InChI is InChI=1S/C26H28FN3O4/c1-33-22-12-6-18(7-13-22)14-15-28-25(31)24-16-23(34-29-24)17-30(21-4-2-3-5-21)26(32)19-8-10-20(27)11-9-19/h6-13,16,21H,2-5,14-15,17H2,1H3,(H,28,31). The van der Waals surface area contributed by atoms with Crippen LogP contribution in [0.3, 0.4) is 0 Å². The second-order valence-electron chi connectivity index (χ2n) is 8.41. The van der Waals surface area contributed by atoms with Gasteiger partial charge in [0, 0.05) is 24.2 Å². The summed E-state index contributed by atoms with van der Waals surface area (Å²) in [5.41, 5.74) is 1.67. The molecule has 1 saturated carbocycles. The highest BCUT2D eigenvalue weighted by Crippen LogP contribution is 2.27. The first kappa shape index (κ1) is 23.5. The summed E-state index contributed by atoms with van der Waals surface area (Å²) in [6.45, 7) is 0.650. The average Bonchev–Trinajstić information content (AvgIpc) is 3.55. The number of rotatable bonds is 9. The maximum Gasteiger partial charge on any atom is 0.273 e. The monoisotopic (exact) mass is 465 g/mol. The quantitative estimate of drug-likeness (QED) is 0.507. The number of nitrogens with zero attached hydrogens (tertiary/aromatic N) is 2. The van der Waals surface area contributed by atoms with Crippen molar-refractivity contribution >= 4 is 11.8 Å². The third kappa shape index (κ3) is 5.81. The zero-order valence-electron chi connectivity index (χ0n) is 19.1. The van der Waals surface area contributed by atoms with Gasteiger partial charge in [0.25, 0.3) is 11.8 Å². The van der Waals surface area contributed by atoms with Crippen LogP contribution in [0, 0.1) is 5.82 Å². The molecular formula is C26H28FN3O4. The molecule has 3 aromatic rings. The summed E-state index contributed by atoms with van der Waals surface area (Å²) in [6.07, 6.45) is 4.58. The van der Waals surface area contributed by atoms with E-state index >= 15 is 0 Å². The molecule has 1 aliphatic carbocycles. The molecule has 0 bridgehead atoms. The summed E-state index contributed by atoms with van der Waals surface area (Å²) in [5, 5.41) is 6.74. The lowest BCUT2D eigenvalue weighted by molar-refractivity contribution is 0.0643. The molecule has 0 radical (unpaired) electrons. The molecular weight excluding hydrogens is 437 g/mol. The molecule has 2 aromatic carbocycles. The Morgan fingerprint density at radius 1 is 1.12 bits per heavy atom. The first-order valence-electron chi connectivity index (χ1n) is 11.5. The van der Waals surface area contributed by atoms with Gasteiger partial charge >= 0.3 is 0 Å². The Morgan fingerprint density at radius 2 is 1.82 bits per heavy atom. The van der Waals surface area contributed by atoms with Crippen molar-refractivity contribution in [2.45, 2.75) is 44.7 Å². The smallest absolute Gasteiger partial charge is 0.273 e. The molecule has 1 aliphatic rings. The van der Waals surface area contributed by atoms with E-state index in [9.17, 15) is 14.0 Å². The van der Waals surface area contributed by atoms with Crippen molar-refractivity contribution in [2.24, 2.45) is 0 Å². The fourth-order valence-corrected chi connectivity index (χ4v) is 4.21. The third-order valence-corrected chi connectivity index (χ3v) is 6.09. The van der Waals surface area contributed by atoms with Crippen LogP contribution in [0.15, 0.2) is 59.1 Å². The topological polar surface area (TPSA) is 84.7 Å². The van der Waals surface area contributed by atoms with Crippen LogP contribution in [0.2, 0.25) is 0 Å². The fourth-order valence-electron chi connectivity index (χ4n) is 4.21. The second kappa shape index (κ2) is 11.0. The predicted octanol–water partition coefficient (Wildman–Crippen LogP) is 4.38. The number of ether oxygens (including phenoxy) is 1. The highest BCUT2D eigenvalue weighted by molar-refractivity contribution is 5.94. The molecule has 0 aliphatic heterocycles. The SMILES string of the molecule is COc1ccc(CCNC(=O)c2cc(CN(C(=O)c3ccc(F)cc3)C3CCCC3)on2)cc1. The molecule has 1 aromatic heterocycles. The van der Waals surface area contributed by atoms with E-state index < -0.39 is 0 Å². The number of amides is 2. The van der Waals surface area contributed by atoms with Crippen LogP contribution in [0.1, 0.15) is 57.9 Å². The van der Waals surface area contributed by atoms with Gasteiger partial charge in [-0.25, -0.2) is 4.39 Å². The summed E-state index contributed by atoms with van der Waals surface area (Å²) in [6, 6.07) is 14.8. The lowest BCUT2D eigenvalue weighted by atomic mass is 10.1. The normalized spacial score (nSPS) is 13.6. The zero-order chi connectivity index (χ0) is 23.9. The first-order chi connectivity index (χ1) is 16.5. The number of carbonyl (C=O) groups is 2. The molecule has 34 heavy (non-hydrogen) atoms. The predicted molar refractivity (Wildman–Crippen MR) is 124 cm³/mol. The minimum Gasteiger partial charge on any atom is -0.497 e. The van der Waals surface area contributed by atoms with Crippen molar-refractivity contribution in [1.29, 1.82) is 0 Å². The molecule has 0 saturated heterocycles. The Labute approximate surface area is 197 Å². The number of carbonyl (C=O) groups excluding carboxylic acids is 2.